The summed E-state index contributed by atoms with van der Waals surface area (Å²) in [5.41, 5.74) is 11.1. The Labute approximate surface area is 617 Å². The van der Waals surface area contributed by atoms with Crippen molar-refractivity contribution < 1.29 is 106 Å². The number of phosphoric acid groups is 1. The molecule has 39 nitrogen and oxygen atoms in total. The number of likely N-dealkylation sites (tertiary alicyclic amines) is 1. The fourth-order valence-electron chi connectivity index (χ4n) is 11.4. The molecule has 105 heavy (non-hydrogen) atoms. The number of aliphatic hydroxyl groups excluding tert-OH is 1. The number of nitrogens with two attached hydrogens (primary N) is 2. The van der Waals surface area contributed by atoms with Gasteiger partial charge in [-0.05, 0) is 100 Å². The molecular formula is C63H108N17O22PS2. The molecule has 3 aliphatic heterocycles. The molecule has 594 valence electrons. The standard InChI is InChI=1S/C63H108N17O22PS2/c1-31(2)23-37(72-56(91)36(19-22-104-9)70-55(90)35(15-12-13-20-64)71-60(95)50(33(5)6)76-47(85)26-67-45(83)25-66-44(82)18-11-10-17-43-52-41(30-105-43)75-63(98)79-52)54(89)68-27-46(84)69-40(29-102-103(99,100)101)62(97)80-21-14-16-42(80)59(94)78-51(34(7)8)61(96)73-38(24-48(86)87)57(92)74-39(28-81)58(93)77-49(32(3)4)53(65)88/h31-43,49-52,81H,10-30,64H2,1-9H3,(H2,65,88)(H,66,82)(H,67,83)(H,68,89)(H,69,84)(H,70,90)(H,71,95)(H,72,91)(H,73,96)(H,74,92)(H,76,85)(H,77,93)(H,78,94)(H,86,87)(H2,75,79,98)(H2,99,100,101)/t35-,36-,37-,38-,39-,40-,41-,42-,43-,49-,50-,51-,52-/m0/s1. The highest BCUT2D eigenvalue weighted by Gasteiger charge is 2.44. The third kappa shape index (κ3) is 32.4. The zero-order valence-corrected chi connectivity index (χ0v) is 63.2. The number of amides is 16. The maximum atomic E-state index is 14.3. The zero-order valence-electron chi connectivity index (χ0n) is 60.7. The normalized spacial score (nSPS) is 18.8. The van der Waals surface area contributed by atoms with E-state index in [0.29, 0.717) is 25.0 Å². The number of urea groups is 1. The van der Waals surface area contributed by atoms with Crippen molar-refractivity contribution in [1.29, 1.82) is 0 Å². The Morgan fingerprint density at radius 3 is 1.74 bits per heavy atom. The monoisotopic (exact) mass is 1550 g/mol. The number of nitrogens with one attached hydrogen (secondary N) is 14. The first-order valence-corrected chi connectivity index (χ1v) is 38.8. The van der Waals surface area contributed by atoms with E-state index in [9.17, 15) is 101 Å². The fraction of sp³-hybridized carbons (Fsp3) is 0.746. The van der Waals surface area contributed by atoms with Crippen molar-refractivity contribution in [2.24, 2.45) is 35.1 Å². The largest absolute Gasteiger partial charge is 0.481 e. The van der Waals surface area contributed by atoms with Gasteiger partial charge in [0.25, 0.3) is 0 Å². The Balaban J connectivity index is 1.69. The fourth-order valence-corrected chi connectivity index (χ4v) is 13.8. The lowest BCUT2D eigenvalue weighted by atomic mass is 10.0. The number of primary amides is 1. The van der Waals surface area contributed by atoms with Gasteiger partial charge in [-0.15, -0.1) is 0 Å². The van der Waals surface area contributed by atoms with Gasteiger partial charge in [-0.1, -0.05) is 61.8 Å². The van der Waals surface area contributed by atoms with Crippen molar-refractivity contribution in [3.8, 4) is 0 Å². The van der Waals surface area contributed by atoms with Gasteiger partial charge < -0.3 is 111 Å². The number of carbonyl (C=O) groups is 16. The number of aliphatic hydroxyl groups is 1. The summed E-state index contributed by atoms with van der Waals surface area (Å²) in [5.74, 6) is -15.4. The molecule has 0 aromatic rings. The molecule has 0 spiro atoms. The van der Waals surface area contributed by atoms with Gasteiger partial charge in [-0.3, -0.25) is 76.4 Å². The predicted octanol–water partition coefficient (Wildman–Crippen LogP) is -5.63. The van der Waals surface area contributed by atoms with Gasteiger partial charge in [0.05, 0.1) is 51.4 Å². The lowest BCUT2D eigenvalue weighted by Gasteiger charge is -2.31. The van der Waals surface area contributed by atoms with Gasteiger partial charge in [-0.25, -0.2) is 9.36 Å². The second-order valence-corrected chi connectivity index (χ2v) is 30.7. The molecule has 3 aliphatic rings. The van der Waals surface area contributed by atoms with E-state index in [0.717, 1.165) is 23.5 Å². The average molecular weight is 1550 g/mol. The van der Waals surface area contributed by atoms with Gasteiger partial charge in [0.15, 0.2) is 0 Å². The maximum absolute atomic E-state index is 14.3. The number of hydrogen-bond donors (Lipinski definition) is 20. The minimum absolute atomic E-state index is 0.00950. The van der Waals surface area contributed by atoms with E-state index in [1.165, 1.54) is 25.6 Å². The van der Waals surface area contributed by atoms with Gasteiger partial charge in [-0.2, -0.15) is 23.5 Å². The molecule has 22 N–H and O–H groups in total. The van der Waals surface area contributed by atoms with Crippen LogP contribution in [0.3, 0.4) is 0 Å². The summed E-state index contributed by atoms with van der Waals surface area (Å²) in [4.78, 5) is 233. The number of hydrogen-bond acceptors (Lipinski definition) is 22. The van der Waals surface area contributed by atoms with Crippen molar-refractivity contribution in [2.45, 2.75) is 210 Å². The van der Waals surface area contributed by atoms with E-state index in [1.54, 1.807) is 59.6 Å². The molecule has 0 aromatic carbocycles. The summed E-state index contributed by atoms with van der Waals surface area (Å²) in [5, 5.41) is 54.8. The van der Waals surface area contributed by atoms with Crippen molar-refractivity contribution in [1.82, 2.24) is 79.3 Å². The molecule has 42 heteroatoms. The van der Waals surface area contributed by atoms with E-state index in [-0.39, 0.29) is 86.8 Å². The molecule has 0 aliphatic carbocycles. The molecule has 0 radical (unpaired) electrons. The van der Waals surface area contributed by atoms with Crippen LogP contribution in [0.4, 0.5) is 4.79 Å². The Kier molecular flexibility index (Phi) is 39.6. The average Bonchev–Trinajstić information content (AvgIpc) is 1.69. The first kappa shape index (κ1) is 91.3. The second kappa shape index (κ2) is 45.5. The van der Waals surface area contributed by atoms with Crippen LogP contribution in [-0.4, -0.2) is 261 Å². The topological polar surface area (TPSA) is 604 Å². The molecule has 0 saturated carbocycles. The molecule has 3 heterocycles. The molecule has 3 saturated heterocycles. The molecule has 0 unspecified atom stereocenters. The Morgan fingerprint density at radius 1 is 0.619 bits per heavy atom. The van der Waals surface area contributed by atoms with Crippen LogP contribution < -0.4 is 85.9 Å². The third-order valence-electron chi connectivity index (χ3n) is 17.1. The maximum Gasteiger partial charge on any atom is 0.469 e. The van der Waals surface area contributed by atoms with Crippen LogP contribution in [0.1, 0.15) is 132 Å². The van der Waals surface area contributed by atoms with Crippen LogP contribution in [0.2, 0.25) is 0 Å². The zero-order chi connectivity index (χ0) is 79.0. The van der Waals surface area contributed by atoms with E-state index in [2.05, 4.69) is 79.0 Å². The number of carbonyl (C=O) groups excluding carboxylic acids is 15. The summed E-state index contributed by atoms with van der Waals surface area (Å²) >= 11 is 3.09. The second-order valence-electron chi connectivity index (χ2n) is 27.2. The first-order valence-electron chi connectivity index (χ1n) is 34.8. The number of carboxylic acid groups (broad SMARTS) is 1. The van der Waals surface area contributed by atoms with Gasteiger partial charge in [0, 0.05) is 24.0 Å². The van der Waals surface area contributed by atoms with Crippen molar-refractivity contribution >= 4 is 126 Å². The number of thioether (sulfide) groups is 2. The summed E-state index contributed by atoms with van der Waals surface area (Å²) in [7, 11) is -5.37. The SMILES string of the molecule is CSCC[C@H](NC(=O)[C@H](CCCCN)NC(=O)[C@@H](NC(=O)CNC(=O)CNC(=O)CCCC[C@@H]1SC[C@@H]2NC(=O)N[C@@H]21)C(C)C)C(=O)N[C@@H](CC(C)C)C(=O)NCC(=O)N[C@@H](COP(=O)(O)O)C(=O)N1CCC[C@H]1C(=O)N[C@H](C(=O)N[C@@H](CC(=O)O)C(=O)N[C@@H](CO)C(=O)N[C@H](C(N)=O)C(C)C)C(C)C. The predicted molar refractivity (Wildman–Crippen MR) is 382 cm³/mol. The lowest BCUT2D eigenvalue weighted by Crippen LogP contribution is -2.61. The number of unbranched alkanes of at least 4 members (excludes halogenated alkanes) is 2. The van der Waals surface area contributed by atoms with Crippen molar-refractivity contribution in [3.05, 3.63) is 0 Å². The smallest absolute Gasteiger partial charge is 0.469 e. The molecule has 13 atom stereocenters. The summed E-state index contributed by atoms with van der Waals surface area (Å²) in [6.45, 7) is 8.67. The molecule has 16 amide bonds. The van der Waals surface area contributed by atoms with E-state index in [4.69, 9.17) is 11.5 Å². The summed E-state index contributed by atoms with van der Waals surface area (Å²) in [6, 6.07) is -15.1. The quantitative estimate of drug-likeness (QED) is 0.0153. The molecule has 3 rings (SSSR count). The van der Waals surface area contributed by atoms with E-state index >= 15 is 0 Å². The van der Waals surface area contributed by atoms with Crippen molar-refractivity contribution in [2.75, 3.05) is 63.7 Å². The molecular weight excluding hydrogens is 1440 g/mol. The molecule has 0 aromatic heterocycles. The number of fused-ring (bicyclic) bond motifs is 1. The summed E-state index contributed by atoms with van der Waals surface area (Å²) in [6.07, 6.45) is 3.77. The highest BCUT2D eigenvalue weighted by Crippen LogP contribution is 2.36. The number of aliphatic carboxylic acids is 1. The van der Waals surface area contributed by atoms with Crippen LogP contribution in [0.15, 0.2) is 0 Å². The van der Waals surface area contributed by atoms with Gasteiger partial charge in [0.1, 0.15) is 60.4 Å². The van der Waals surface area contributed by atoms with E-state index in [1.807, 2.05) is 0 Å². The van der Waals surface area contributed by atoms with Crippen LogP contribution in [0, 0.1) is 23.7 Å². The number of carboxylic acids is 1. The first-order chi connectivity index (χ1) is 49.3. The third-order valence-corrected chi connectivity index (χ3v) is 19.7. The van der Waals surface area contributed by atoms with Gasteiger partial charge in [0.2, 0.25) is 82.7 Å². The van der Waals surface area contributed by atoms with Crippen LogP contribution >= 0.6 is 31.3 Å². The number of rotatable bonds is 48. The van der Waals surface area contributed by atoms with E-state index < -0.39 is 208 Å². The highest BCUT2D eigenvalue weighted by molar-refractivity contribution is 8.00. The Bertz CT molecular complexity index is 3100. The van der Waals surface area contributed by atoms with Crippen molar-refractivity contribution in [3.63, 3.8) is 0 Å². The minimum Gasteiger partial charge on any atom is -0.481 e. The lowest BCUT2D eigenvalue weighted by molar-refractivity contribution is -0.143. The van der Waals surface area contributed by atoms with Crippen LogP contribution in [0.5, 0.6) is 0 Å². The number of nitrogens with zero attached hydrogens (tertiary/aromatic N) is 1. The van der Waals surface area contributed by atoms with Gasteiger partial charge >= 0.3 is 19.8 Å². The van der Waals surface area contributed by atoms with Crippen LogP contribution in [-0.2, 0) is 81.0 Å². The highest BCUT2D eigenvalue weighted by atomic mass is 32.2. The Hall–Kier alpha value is -7.95. The Morgan fingerprint density at radius 2 is 1.16 bits per heavy atom. The number of phosphoric ester groups is 1. The minimum atomic E-state index is -5.37. The summed E-state index contributed by atoms with van der Waals surface area (Å²) < 4.78 is 16.6. The van der Waals surface area contributed by atoms with Crippen LogP contribution in [0.25, 0.3) is 0 Å². The molecule has 0 bridgehead atoms. The molecule has 3 fully saturated rings.